The smallest absolute Gasteiger partial charge is 0.325 e. The maximum atomic E-state index is 12.7. The number of para-hydroxylation sites is 1. The first kappa shape index (κ1) is 20.4. The van der Waals surface area contributed by atoms with Gasteiger partial charge in [0.05, 0.1) is 0 Å². The predicted molar refractivity (Wildman–Crippen MR) is 110 cm³/mol. The van der Waals surface area contributed by atoms with Crippen LogP contribution in [0.1, 0.15) is 44.9 Å². The van der Waals surface area contributed by atoms with Crippen LogP contribution in [-0.2, 0) is 14.4 Å². The molecular formula is C22H28N4O4. The molecule has 2 heterocycles. The Hall–Kier alpha value is -2.90. The van der Waals surface area contributed by atoms with Crippen LogP contribution in [0.5, 0.6) is 0 Å². The molecule has 4 rings (SSSR count). The summed E-state index contributed by atoms with van der Waals surface area (Å²) in [5, 5.41) is 5.76. The highest BCUT2D eigenvalue weighted by atomic mass is 16.2. The van der Waals surface area contributed by atoms with Crippen LogP contribution in [0.2, 0.25) is 0 Å². The molecule has 1 saturated carbocycles. The predicted octanol–water partition coefficient (Wildman–Crippen LogP) is 2.12. The van der Waals surface area contributed by atoms with Crippen molar-refractivity contribution in [3.05, 3.63) is 30.3 Å². The average molecular weight is 412 g/mol. The molecule has 8 nitrogen and oxygen atoms in total. The van der Waals surface area contributed by atoms with Gasteiger partial charge in [0.15, 0.2) is 0 Å². The third-order valence-electron chi connectivity index (χ3n) is 6.51. The monoisotopic (exact) mass is 412 g/mol. The van der Waals surface area contributed by atoms with Crippen LogP contribution in [0.15, 0.2) is 30.3 Å². The summed E-state index contributed by atoms with van der Waals surface area (Å²) in [5.74, 6) is -0.407. The molecule has 1 spiro atoms. The van der Waals surface area contributed by atoms with E-state index in [9.17, 15) is 19.2 Å². The van der Waals surface area contributed by atoms with Crippen LogP contribution in [0.3, 0.4) is 0 Å². The van der Waals surface area contributed by atoms with Gasteiger partial charge in [0.25, 0.3) is 5.91 Å². The largest absolute Gasteiger partial charge is 0.343 e. The van der Waals surface area contributed by atoms with Gasteiger partial charge in [0.2, 0.25) is 11.8 Å². The summed E-state index contributed by atoms with van der Waals surface area (Å²) in [6, 6.07) is 8.95. The summed E-state index contributed by atoms with van der Waals surface area (Å²) in [6.07, 6.45) is 4.57. The van der Waals surface area contributed by atoms with E-state index in [1.54, 1.807) is 4.90 Å². The highest BCUT2D eigenvalue weighted by Gasteiger charge is 2.52. The van der Waals surface area contributed by atoms with E-state index in [-0.39, 0.29) is 42.6 Å². The fourth-order valence-corrected chi connectivity index (χ4v) is 4.72. The van der Waals surface area contributed by atoms with Crippen molar-refractivity contribution in [2.75, 3.05) is 25.0 Å². The van der Waals surface area contributed by atoms with Crippen molar-refractivity contribution in [1.82, 2.24) is 15.1 Å². The molecule has 8 heteroatoms. The Balaban J connectivity index is 1.23. The van der Waals surface area contributed by atoms with Crippen LogP contribution in [0.25, 0.3) is 0 Å². The number of urea groups is 1. The molecule has 1 aliphatic carbocycles. The molecule has 160 valence electrons. The van der Waals surface area contributed by atoms with Crippen molar-refractivity contribution < 1.29 is 19.2 Å². The Morgan fingerprint density at radius 2 is 1.73 bits per heavy atom. The van der Waals surface area contributed by atoms with Crippen LogP contribution < -0.4 is 10.6 Å². The summed E-state index contributed by atoms with van der Waals surface area (Å²) in [7, 11) is 0. The molecule has 0 radical (unpaired) electrons. The molecule has 3 aliphatic rings. The molecule has 2 aliphatic heterocycles. The molecule has 0 unspecified atom stereocenters. The number of imide groups is 1. The molecule has 1 aromatic carbocycles. The summed E-state index contributed by atoms with van der Waals surface area (Å²) in [4.78, 5) is 52.9. The van der Waals surface area contributed by atoms with Crippen molar-refractivity contribution >= 4 is 29.4 Å². The number of likely N-dealkylation sites (tertiary alicyclic amines) is 1. The zero-order valence-electron chi connectivity index (χ0n) is 17.1. The lowest BCUT2D eigenvalue weighted by Gasteiger charge is -2.31. The standard InChI is InChI=1S/C22H28N4O4/c27-18(10-15-26-20(29)22(24-21(26)30)11-4-5-12-22)25-13-8-16(9-14-25)19(28)23-17-6-2-1-3-7-17/h1-3,6-7,16H,4-5,8-15H2,(H,23,28)(H,24,30). The summed E-state index contributed by atoms with van der Waals surface area (Å²) < 4.78 is 0. The molecule has 2 N–H and O–H groups in total. The van der Waals surface area contributed by atoms with E-state index < -0.39 is 5.54 Å². The molecule has 3 fully saturated rings. The van der Waals surface area contributed by atoms with Gasteiger partial charge >= 0.3 is 6.03 Å². The van der Waals surface area contributed by atoms with Crippen LogP contribution in [0, 0.1) is 5.92 Å². The molecule has 5 amide bonds. The van der Waals surface area contributed by atoms with Crippen LogP contribution in [0.4, 0.5) is 10.5 Å². The maximum Gasteiger partial charge on any atom is 0.325 e. The number of hydrogen-bond donors (Lipinski definition) is 2. The minimum absolute atomic E-state index is 0.0190. The number of nitrogens with one attached hydrogen (secondary N) is 2. The zero-order valence-corrected chi connectivity index (χ0v) is 17.1. The number of anilines is 1. The molecule has 30 heavy (non-hydrogen) atoms. The summed E-state index contributed by atoms with van der Waals surface area (Å²) >= 11 is 0. The topological polar surface area (TPSA) is 98.8 Å². The van der Waals surface area contributed by atoms with Gasteiger partial charge in [-0.3, -0.25) is 19.3 Å². The lowest BCUT2D eigenvalue weighted by Crippen LogP contribution is -2.45. The normalized spacial score (nSPS) is 21.2. The number of carbonyl (C=O) groups is 4. The van der Waals surface area contributed by atoms with E-state index in [1.807, 2.05) is 30.3 Å². The van der Waals surface area contributed by atoms with E-state index in [0.29, 0.717) is 38.8 Å². The zero-order chi connectivity index (χ0) is 21.1. The molecular weight excluding hydrogens is 384 g/mol. The molecule has 2 saturated heterocycles. The second-order valence-corrected chi connectivity index (χ2v) is 8.44. The first-order chi connectivity index (χ1) is 14.5. The highest BCUT2D eigenvalue weighted by Crippen LogP contribution is 2.35. The van der Waals surface area contributed by atoms with E-state index in [4.69, 9.17) is 0 Å². The van der Waals surface area contributed by atoms with Gasteiger partial charge in [-0.2, -0.15) is 0 Å². The Labute approximate surface area is 176 Å². The van der Waals surface area contributed by atoms with E-state index >= 15 is 0 Å². The highest BCUT2D eigenvalue weighted by molar-refractivity contribution is 6.07. The molecule has 1 aromatic rings. The van der Waals surface area contributed by atoms with E-state index in [0.717, 1.165) is 18.5 Å². The third-order valence-corrected chi connectivity index (χ3v) is 6.51. The van der Waals surface area contributed by atoms with Gasteiger partial charge in [0, 0.05) is 37.7 Å². The third kappa shape index (κ3) is 4.04. The number of amides is 5. The second kappa shape index (κ2) is 8.45. The van der Waals surface area contributed by atoms with Crippen LogP contribution in [-0.4, -0.2) is 58.7 Å². The van der Waals surface area contributed by atoms with Crippen molar-refractivity contribution in [3.63, 3.8) is 0 Å². The van der Waals surface area contributed by atoms with Gasteiger partial charge < -0.3 is 15.5 Å². The van der Waals surface area contributed by atoms with Gasteiger partial charge in [-0.05, 0) is 37.8 Å². The first-order valence-electron chi connectivity index (χ1n) is 10.8. The minimum Gasteiger partial charge on any atom is -0.343 e. The number of piperidine rings is 1. The number of hydrogen-bond acceptors (Lipinski definition) is 4. The molecule has 0 aromatic heterocycles. The Morgan fingerprint density at radius 1 is 1.07 bits per heavy atom. The maximum absolute atomic E-state index is 12.7. The van der Waals surface area contributed by atoms with Crippen molar-refractivity contribution in [2.24, 2.45) is 5.92 Å². The second-order valence-electron chi connectivity index (χ2n) is 8.44. The number of benzene rings is 1. The van der Waals surface area contributed by atoms with Gasteiger partial charge in [-0.1, -0.05) is 31.0 Å². The fraction of sp³-hybridized carbons (Fsp3) is 0.545. The van der Waals surface area contributed by atoms with Gasteiger partial charge in [-0.25, -0.2) is 4.79 Å². The van der Waals surface area contributed by atoms with E-state index in [1.165, 1.54) is 4.90 Å². The van der Waals surface area contributed by atoms with Crippen molar-refractivity contribution in [2.45, 2.75) is 50.5 Å². The summed E-state index contributed by atoms with van der Waals surface area (Å²) in [5.41, 5.74) is 0.0412. The van der Waals surface area contributed by atoms with Crippen molar-refractivity contribution in [1.29, 1.82) is 0 Å². The Kier molecular flexibility index (Phi) is 5.74. The Bertz CT molecular complexity index is 827. The molecule has 0 atom stereocenters. The van der Waals surface area contributed by atoms with Crippen LogP contribution >= 0.6 is 0 Å². The minimum atomic E-state index is -0.732. The lowest BCUT2D eigenvalue weighted by molar-refractivity contribution is -0.136. The van der Waals surface area contributed by atoms with Gasteiger partial charge in [0.1, 0.15) is 5.54 Å². The lowest BCUT2D eigenvalue weighted by atomic mass is 9.95. The average Bonchev–Trinajstić information content (AvgIpc) is 3.32. The fourth-order valence-electron chi connectivity index (χ4n) is 4.72. The Morgan fingerprint density at radius 3 is 2.40 bits per heavy atom. The number of carbonyl (C=O) groups excluding carboxylic acids is 4. The van der Waals surface area contributed by atoms with Gasteiger partial charge in [-0.15, -0.1) is 0 Å². The summed E-state index contributed by atoms with van der Waals surface area (Å²) in [6.45, 7) is 1.13. The quantitative estimate of drug-likeness (QED) is 0.724. The number of nitrogens with zero attached hydrogens (tertiary/aromatic N) is 2. The first-order valence-corrected chi connectivity index (χ1v) is 10.8. The van der Waals surface area contributed by atoms with E-state index in [2.05, 4.69) is 10.6 Å². The molecule has 0 bridgehead atoms. The SMILES string of the molecule is O=C(Nc1ccccc1)C1CCN(C(=O)CCN2C(=O)NC3(CCCC3)C2=O)CC1. The van der Waals surface area contributed by atoms with Crippen molar-refractivity contribution in [3.8, 4) is 0 Å². The number of rotatable bonds is 5.